The second-order valence-corrected chi connectivity index (χ2v) is 8.54. The summed E-state index contributed by atoms with van der Waals surface area (Å²) in [6.07, 6.45) is 0. The highest BCUT2D eigenvalue weighted by Gasteiger charge is 2.19. The summed E-state index contributed by atoms with van der Waals surface area (Å²) in [5.41, 5.74) is 15.8. The van der Waals surface area contributed by atoms with E-state index in [1.807, 2.05) is 12.1 Å². The van der Waals surface area contributed by atoms with Crippen molar-refractivity contribution in [3.8, 4) is 33.4 Å². The summed E-state index contributed by atoms with van der Waals surface area (Å²) in [5, 5.41) is 0. The van der Waals surface area contributed by atoms with Gasteiger partial charge >= 0.3 is 0 Å². The Balaban J connectivity index is 1.85. The zero-order valence-corrected chi connectivity index (χ0v) is 17.3. The maximum Gasteiger partial charge on any atom is 0.0473 e. The monoisotopic (exact) mass is 377 g/mol. The summed E-state index contributed by atoms with van der Waals surface area (Å²) in [5.74, 6) is 0. The molecule has 0 aromatic heterocycles. The highest BCUT2D eigenvalue weighted by atomic mass is 14.6. The Morgan fingerprint density at radius 3 is 1.38 bits per heavy atom. The fraction of sp³-hybridized carbons (Fsp3) is 0.143. The Kier molecular flexibility index (Phi) is 4.98. The van der Waals surface area contributed by atoms with Crippen molar-refractivity contribution in [1.29, 1.82) is 0 Å². The van der Waals surface area contributed by atoms with Crippen LogP contribution in [-0.2, 0) is 5.41 Å². The van der Waals surface area contributed by atoms with E-state index < -0.39 is 0 Å². The lowest BCUT2D eigenvalue weighted by Crippen LogP contribution is -2.12. The van der Waals surface area contributed by atoms with Gasteiger partial charge in [0.05, 0.1) is 0 Å². The van der Waals surface area contributed by atoms with E-state index in [0.29, 0.717) is 0 Å². The van der Waals surface area contributed by atoms with E-state index in [2.05, 4.69) is 106 Å². The molecule has 0 amide bonds. The van der Waals surface area contributed by atoms with Crippen molar-refractivity contribution in [3.05, 3.63) is 103 Å². The number of anilines is 1. The Bertz CT molecular complexity index is 1100. The van der Waals surface area contributed by atoms with Gasteiger partial charge in [0, 0.05) is 16.8 Å². The van der Waals surface area contributed by atoms with E-state index in [1.54, 1.807) is 0 Å². The van der Waals surface area contributed by atoms with E-state index in [4.69, 9.17) is 5.73 Å². The molecule has 4 aromatic carbocycles. The predicted molar refractivity (Wildman–Crippen MR) is 126 cm³/mol. The number of benzene rings is 4. The van der Waals surface area contributed by atoms with Crippen LogP contribution in [-0.4, -0.2) is 0 Å². The molecule has 1 heteroatoms. The third-order valence-corrected chi connectivity index (χ3v) is 5.43. The van der Waals surface area contributed by atoms with Gasteiger partial charge in [-0.1, -0.05) is 106 Å². The van der Waals surface area contributed by atoms with Crippen molar-refractivity contribution in [1.82, 2.24) is 0 Å². The number of hydrogen-bond donors (Lipinski definition) is 1. The van der Waals surface area contributed by atoms with Crippen molar-refractivity contribution in [2.24, 2.45) is 0 Å². The molecule has 0 fully saturated rings. The zero-order chi connectivity index (χ0) is 20.4. The quantitative estimate of drug-likeness (QED) is 0.366. The summed E-state index contributed by atoms with van der Waals surface area (Å²) >= 11 is 0. The van der Waals surface area contributed by atoms with Crippen LogP contribution in [0.3, 0.4) is 0 Å². The van der Waals surface area contributed by atoms with E-state index >= 15 is 0 Å². The van der Waals surface area contributed by atoms with Gasteiger partial charge in [-0.15, -0.1) is 0 Å². The van der Waals surface area contributed by atoms with Crippen molar-refractivity contribution in [2.45, 2.75) is 26.2 Å². The molecule has 0 bridgehead atoms. The van der Waals surface area contributed by atoms with Crippen LogP contribution in [0, 0.1) is 0 Å². The lowest BCUT2D eigenvalue weighted by Gasteiger charge is -2.23. The molecule has 0 heterocycles. The summed E-state index contributed by atoms with van der Waals surface area (Å²) in [6, 6.07) is 34.1. The average Bonchev–Trinajstić information content (AvgIpc) is 2.74. The van der Waals surface area contributed by atoms with Crippen LogP contribution in [0.15, 0.2) is 97.1 Å². The van der Waals surface area contributed by atoms with Crippen LogP contribution in [0.5, 0.6) is 0 Å². The van der Waals surface area contributed by atoms with Crippen LogP contribution in [0.2, 0.25) is 0 Å². The molecule has 2 N–H and O–H groups in total. The molecule has 4 aromatic rings. The Morgan fingerprint density at radius 1 is 0.517 bits per heavy atom. The van der Waals surface area contributed by atoms with E-state index in [9.17, 15) is 0 Å². The normalized spacial score (nSPS) is 11.4. The third kappa shape index (κ3) is 3.95. The van der Waals surface area contributed by atoms with Gasteiger partial charge in [-0.3, -0.25) is 0 Å². The molecule has 0 atom stereocenters. The van der Waals surface area contributed by atoms with Crippen LogP contribution >= 0.6 is 0 Å². The third-order valence-electron chi connectivity index (χ3n) is 5.43. The second kappa shape index (κ2) is 7.60. The van der Waals surface area contributed by atoms with Crippen molar-refractivity contribution in [3.63, 3.8) is 0 Å². The van der Waals surface area contributed by atoms with Gasteiger partial charge in [0.1, 0.15) is 0 Å². The van der Waals surface area contributed by atoms with Crippen LogP contribution in [0.4, 0.5) is 5.69 Å². The lowest BCUT2D eigenvalue weighted by atomic mass is 9.82. The van der Waals surface area contributed by atoms with Crippen LogP contribution < -0.4 is 5.73 Å². The first-order valence-electron chi connectivity index (χ1n) is 10.1. The molecule has 0 saturated heterocycles. The van der Waals surface area contributed by atoms with Gasteiger partial charge in [-0.2, -0.15) is 0 Å². The second-order valence-electron chi connectivity index (χ2n) is 8.54. The summed E-state index contributed by atoms with van der Waals surface area (Å²) < 4.78 is 0. The van der Waals surface area contributed by atoms with E-state index in [0.717, 1.165) is 27.9 Å². The summed E-state index contributed by atoms with van der Waals surface area (Å²) in [6.45, 7) is 6.74. The topological polar surface area (TPSA) is 26.0 Å². The number of hydrogen-bond acceptors (Lipinski definition) is 1. The largest absolute Gasteiger partial charge is 0.398 e. The molecule has 144 valence electrons. The molecule has 4 rings (SSSR count). The number of nitrogen functional groups attached to an aromatic ring is 1. The molecular formula is C28H27N. The molecule has 0 unspecified atom stereocenters. The maximum atomic E-state index is 6.71. The Morgan fingerprint density at radius 2 is 0.897 bits per heavy atom. The van der Waals surface area contributed by atoms with Crippen molar-refractivity contribution >= 4 is 5.69 Å². The Labute approximate surface area is 173 Å². The molecule has 0 radical (unpaired) electrons. The molecule has 0 spiro atoms. The standard InChI is InChI=1S/C28H27N/c1-28(2,3)24-18-25(22-12-8-5-9-13-22)27(29)26(19-24)23-16-14-21(15-17-23)20-10-6-4-7-11-20/h4-19H,29H2,1-3H3. The van der Waals surface area contributed by atoms with Crippen molar-refractivity contribution in [2.75, 3.05) is 5.73 Å². The Hall–Kier alpha value is -3.32. The number of nitrogens with two attached hydrogens (primary N) is 1. The highest BCUT2D eigenvalue weighted by Crippen LogP contribution is 2.39. The molecule has 1 nitrogen and oxygen atoms in total. The van der Waals surface area contributed by atoms with Gasteiger partial charge < -0.3 is 5.73 Å². The molecule has 0 aliphatic heterocycles. The van der Waals surface area contributed by atoms with Gasteiger partial charge in [0.2, 0.25) is 0 Å². The van der Waals surface area contributed by atoms with Crippen LogP contribution in [0.1, 0.15) is 26.3 Å². The smallest absolute Gasteiger partial charge is 0.0473 e. The minimum atomic E-state index is 0.0377. The predicted octanol–water partition coefficient (Wildman–Crippen LogP) is 7.57. The van der Waals surface area contributed by atoms with E-state index in [-0.39, 0.29) is 5.41 Å². The fourth-order valence-corrected chi connectivity index (χ4v) is 3.65. The van der Waals surface area contributed by atoms with Gasteiger partial charge in [-0.25, -0.2) is 0 Å². The van der Waals surface area contributed by atoms with E-state index in [1.165, 1.54) is 16.7 Å². The summed E-state index contributed by atoms with van der Waals surface area (Å²) in [7, 11) is 0. The number of rotatable bonds is 3. The summed E-state index contributed by atoms with van der Waals surface area (Å²) in [4.78, 5) is 0. The van der Waals surface area contributed by atoms with Gasteiger partial charge in [0.15, 0.2) is 0 Å². The minimum absolute atomic E-state index is 0.0377. The first-order chi connectivity index (χ1) is 13.9. The lowest BCUT2D eigenvalue weighted by molar-refractivity contribution is 0.591. The van der Waals surface area contributed by atoms with Crippen molar-refractivity contribution < 1.29 is 0 Å². The molecule has 0 aliphatic rings. The fourth-order valence-electron chi connectivity index (χ4n) is 3.65. The molecule has 0 aliphatic carbocycles. The van der Waals surface area contributed by atoms with Crippen LogP contribution in [0.25, 0.3) is 33.4 Å². The average molecular weight is 378 g/mol. The van der Waals surface area contributed by atoms with Gasteiger partial charge in [0.25, 0.3) is 0 Å². The maximum absolute atomic E-state index is 6.71. The SMILES string of the molecule is CC(C)(C)c1cc(-c2ccccc2)c(N)c(-c2ccc(-c3ccccc3)cc2)c1. The highest BCUT2D eigenvalue weighted by molar-refractivity contribution is 5.90. The first-order valence-corrected chi connectivity index (χ1v) is 10.1. The zero-order valence-electron chi connectivity index (χ0n) is 17.3. The minimum Gasteiger partial charge on any atom is -0.398 e. The molecule has 0 saturated carbocycles. The van der Waals surface area contributed by atoms with Gasteiger partial charge in [-0.05, 0) is 45.4 Å². The first kappa shape index (κ1) is 19.0. The molecular weight excluding hydrogens is 350 g/mol. The molecule has 29 heavy (non-hydrogen) atoms.